The Labute approximate surface area is 115 Å². The summed E-state index contributed by atoms with van der Waals surface area (Å²) in [7, 11) is -3.20. The number of nitrogens with zero attached hydrogens (tertiary/aromatic N) is 1. The minimum absolute atomic E-state index is 0.253. The number of sulfonamides is 1. The van der Waals surface area contributed by atoms with E-state index in [0.29, 0.717) is 18.8 Å². The normalized spacial score (nSPS) is 18.0. The van der Waals surface area contributed by atoms with Gasteiger partial charge in [0.05, 0.1) is 18.6 Å². The quantitative estimate of drug-likeness (QED) is 0.859. The van der Waals surface area contributed by atoms with E-state index in [1.807, 2.05) is 13.0 Å². The molecule has 0 atom stereocenters. The molecule has 6 heteroatoms. The van der Waals surface area contributed by atoms with Gasteiger partial charge in [-0.05, 0) is 44.0 Å². The molecule has 2 rings (SSSR count). The van der Waals surface area contributed by atoms with Gasteiger partial charge in [-0.15, -0.1) is 0 Å². The van der Waals surface area contributed by atoms with Crippen LogP contribution in [0, 0.1) is 5.92 Å². The zero-order valence-electron chi connectivity index (χ0n) is 11.3. The smallest absolute Gasteiger partial charge is 0.214 e. The summed E-state index contributed by atoms with van der Waals surface area (Å²) in [5.41, 5.74) is 0. The van der Waals surface area contributed by atoms with Gasteiger partial charge in [-0.3, -0.25) is 0 Å². The Kier molecular flexibility index (Phi) is 5.01. The van der Waals surface area contributed by atoms with E-state index in [0.717, 1.165) is 25.9 Å². The molecule has 0 saturated carbocycles. The van der Waals surface area contributed by atoms with Crippen LogP contribution >= 0.6 is 0 Å². The monoisotopic (exact) mass is 286 g/mol. The minimum atomic E-state index is -3.20. The number of piperidine rings is 1. The van der Waals surface area contributed by atoms with Crippen LogP contribution in [0.25, 0.3) is 0 Å². The third-order valence-electron chi connectivity index (χ3n) is 3.56. The number of nitrogens with one attached hydrogen (secondary N) is 1. The number of furan rings is 1. The summed E-state index contributed by atoms with van der Waals surface area (Å²) >= 11 is 0. The van der Waals surface area contributed by atoms with Crippen LogP contribution in [0.15, 0.2) is 22.8 Å². The van der Waals surface area contributed by atoms with E-state index in [-0.39, 0.29) is 11.7 Å². The van der Waals surface area contributed by atoms with E-state index in [2.05, 4.69) is 5.32 Å². The first kappa shape index (κ1) is 14.6. The lowest BCUT2D eigenvalue weighted by Gasteiger charge is -2.26. The SMILES string of the molecule is CCN(Cc1ccco1)S(=O)(=O)CC1CCNCC1. The molecule has 0 bridgehead atoms. The van der Waals surface area contributed by atoms with Crippen LogP contribution in [0.2, 0.25) is 0 Å². The molecule has 1 aromatic heterocycles. The molecule has 108 valence electrons. The van der Waals surface area contributed by atoms with Crippen molar-refractivity contribution >= 4 is 10.0 Å². The minimum Gasteiger partial charge on any atom is -0.468 e. The predicted octanol–water partition coefficient (Wildman–Crippen LogP) is 1.43. The molecule has 1 aliphatic heterocycles. The van der Waals surface area contributed by atoms with Crippen molar-refractivity contribution in [1.29, 1.82) is 0 Å². The molecular weight excluding hydrogens is 264 g/mol. The first-order valence-corrected chi connectivity index (χ1v) is 8.43. The van der Waals surface area contributed by atoms with Crippen LogP contribution in [0.4, 0.5) is 0 Å². The van der Waals surface area contributed by atoms with Gasteiger partial charge in [0.2, 0.25) is 10.0 Å². The van der Waals surface area contributed by atoms with Crippen molar-refractivity contribution in [1.82, 2.24) is 9.62 Å². The van der Waals surface area contributed by atoms with Crippen LogP contribution in [-0.2, 0) is 16.6 Å². The van der Waals surface area contributed by atoms with Gasteiger partial charge in [0.25, 0.3) is 0 Å². The van der Waals surface area contributed by atoms with Gasteiger partial charge in [-0.2, -0.15) is 4.31 Å². The second-order valence-corrected chi connectivity index (χ2v) is 6.99. The molecule has 0 spiro atoms. The fourth-order valence-corrected chi connectivity index (χ4v) is 4.29. The highest BCUT2D eigenvalue weighted by Gasteiger charge is 2.26. The van der Waals surface area contributed by atoms with Gasteiger partial charge in [-0.25, -0.2) is 8.42 Å². The first-order chi connectivity index (χ1) is 9.12. The topological polar surface area (TPSA) is 62.6 Å². The molecule has 0 amide bonds. The highest BCUT2D eigenvalue weighted by molar-refractivity contribution is 7.89. The Morgan fingerprint density at radius 1 is 1.42 bits per heavy atom. The molecular formula is C13H22N2O3S. The summed E-state index contributed by atoms with van der Waals surface area (Å²) in [6, 6.07) is 3.59. The van der Waals surface area contributed by atoms with Crippen LogP contribution in [-0.4, -0.2) is 38.1 Å². The maximum absolute atomic E-state index is 12.4. The average molecular weight is 286 g/mol. The lowest BCUT2D eigenvalue weighted by Crippen LogP contribution is -2.38. The maximum Gasteiger partial charge on any atom is 0.214 e. The summed E-state index contributed by atoms with van der Waals surface area (Å²) in [5, 5.41) is 3.26. The largest absolute Gasteiger partial charge is 0.468 e. The Balaban J connectivity index is 1.98. The molecule has 0 unspecified atom stereocenters. The summed E-state index contributed by atoms with van der Waals surface area (Å²) in [6.07, 6.45) is 3.46. The van der Waals surface area contributed by atoms with Crippen molar-refractivity contribution in [2.75, 3.05) is 25.4 Å². The fourth-order valence-electron chi connectivity index (χ4n) is 2.43. The van der Waals surface area contributed by atoms with Crippen LogP contribution in [0.3, 0.4) is 0 Å². The zero-order chi connectivity index (χ0) is 13.7. The van der Waals surface area contributed by atoms with Crippen molar-refractivity contribution in [2.24, 2.45) is 5.92 Å². The number of hydrogen-bond acceptors (Lipinski definition) is 4. The molecule has 0 radical (unpaired) electrons. The maximum atomic E-state index is 12.4. The van der Waals surface area contributed by atoms with Crippen LogP contribution < -0.4 is 5.32 Å². The molecule has 1 saturated heterocycles. The zero-order valence-corrected chi connectivity index (χ0v) is 12.2. The van der Waals surface area contributed by atoms with Crippen molar-refractivity contribution in [3.63, 3.8) is 0 Å². The number of hydrogen-bond donors (Lipinski definition) is 1. The van der Waals surface area contributed by atoms with Gasteiger partial charge in [0, 0.05) is 6.54 Å². The molecule has 1 aliphatic rings. The lowest BCUT2D eigenvalue weighted by molar-refractivity contribution is 0.358. The molecule has 19 heavy (non-hydrogen) atoms. The second kappa shape index (κ2) is 6.54. The van der Waals surface area contributed by atoms with Gasteiger partial charge < -0.3 is 9.73 Å². The Morgan fingerprint density at radius 3 is 2.74 bits per heavy atom. The van der Waals surface area contributed by atoms with Crippen molar-refractivity contribution < 1.29 is 12.8 Å². The Morgan fingerprint density at radius 2 is 2.16 bits per heavy atom. The Bertz CT molecular complexity index is 464. The van der Waals surface area contributed by atoms with E-state index in [1.165, 1.54) is 4.31 Å². The molecule has 5 nitrogen and oxygen atoms in total. The number of rotatable bonds is 6. The fraction of sp³-hybridized carbons (Fsp3) is 0.692. The molecule has 2 heterocycles. The second-order valence-electron chi connectivity index (χ2n) is 4.98. The van der Waals surface area contributed by atoms with E-state index in [4.69, 9.17) is 4.42 Å². The molecule has 1 N–H and O–H groups in total. The summed E-state index contributed by atoms with van der Waals surface area (Å²) < 4.78 is 31.6. The van der Waals surface area contributed by atoms with Crippen molar-refractivity contribution in [3.05, 3.63) is 24.2 Å². The first-order valence-electron chi connectivity index (χ1n) is 6.82. The summed E-state index contributed by atoms with van der Waals surface area (Å²) in [5.74, 6) is 1.22. The summed E-state index contributed by atoms with van der Waals surface area (Å²) in [4.78, 5) is 0. The van der Waals surface area contributed by atoms with E-state index in [1.54, 1.807) is 12.3 Å². The van der Waals surface area contributed by atoms with Crippen molar-refractivity contribution in [3.8, 4) is 0 Å². The van der Waals surface area contributed by atoms with E-state index >= 15 is 0 Å². The Hall–Kier alpha value is -0.850. The highest BCUT2D eigenvalue weighted by atomic mass is 32.2. The van der Waals surface area contributed by atoms with E-state index in [9.17, 15) is 8.42 Å². The van der Waals surface area contributed by atoms with Gasteiger partial charge in [0.1, 0.15) is 5.76 Å². The molecule has 0 aliphatic carbocycles. The van der Waals surface area contributed by atoms with Gasteiger partial charge >= 0.3 is 0 Å². The van der Waals surface area contributed by atoms with Gasteiger partial charge in [0.15, 0.2) is 0 Å². The third kappa shape index (κ3) is 4.06. The van der Waals surface area contributed by atoms with Crippen LogP contribution in [0.5, 0.6) is 0 Å². The summed E-state index contributed by atoms with van der Waals surface area (Å²) in [6.45, 7) is 4.52. The molecule has 1 fully saturated rings. The third-order valence-corrected chi connectivity index (χ3v) is 5.63. The average Bonchev–Trinajstić information content (AvgIpc) is 2.89. The van der Waals surface area contributed by atoms with Crippen LogP contribution in [0.1, 0.15) is 25.5 Å². The standard InChI is InChI=1S/C13H22N2O3S/c1-2-15(10-13-4-3-9-18-13)19(16,17)11-12-5-7-14-8-6-12/h3-4,9,12,14H,2,5-8,10-11H2,1H3. The predicted molar refractivity (Wildman–Crippen MR) is 74.2 cm³/mol. The molecule has 0 aromatic carbocycles. The lowest BCUT2D eigenvalue weighted by atomic mass is 10.0. The molecule has 1 aromatic rings. The van der Waals surface area contributed by atoms with Gasteiger partial charge in [-0.1, -0.05) is 6.92 Å². The van der Waals surface area contributed by atoms with E-state index < -0.39 is 10.0 Å². The van der Waals surface area contributed by atoms with Crippen molar-refractivity contribution in [2.45, 2.75) is 26.3 Å². The highest BCUT2D eigenvalue weighted by Crippen LogP contribution is 2.18.